The fourth-order valence-corrected chi connectivity index (χ4v) is 4.73. The summed E-state index contributed by atoms with van der Waals surface area (Å²) in [6.07, 6.45) is 0.449. The van der Waals surface area contributed by atoms with Crippen molar-refractivity contribution in [2.75, 3.05) is 32.7 Å². The minimum absolute atomic E-state index is 0.0495. The molecule has 0 saturated heterocycles. The lowest BCUT2D eigenvalue weighted by atomic mass is 10.0. The van der Waals surface area contributed by atoms with E-state index in [-0.39, 0.29) is 10.6 Å². The zero-order chi connectivity index (χ0) is 24.9. The van der Waals surface area contributed by atoms with E-state index in [1.54, 1.807) is 31.3 Å². The Bertz CT molecular complexity index is 1300. The van der Waals surface area contributed by atoms with Gasteiger partial charge in [-0.05, 0) is 47.5 Å². The molecule has 0 atom stereocenters. The van der Waals surface area contributed by atoms with Crippen molar-refractivity contribution >= 4 is 44.8 Å². The fraction of sp³-hybridized carbons (Fsp3) is 0.208. The predicted octanol–water partition coefficient (Wildman–Crippen LogP) is 4.54. The number of hydrogen-bond donors (Lipinski definition) is 1. The van der Waals surface area contributed by atoms with E-state index < -0.39 is 22.5 Å². The number of sulfonamides is 1. The summed E-state index contributed by atoms with van der Waals surface area (Å²) in [7, 11) is 0.468. The van der Waals surface area contributed by atoms with E-state index in [2.05, 4.69) is 4.72 Å². The minimum atomic E-state index is -3.97. The van der Waals surface area contributed by atoms with Crippen LogP contribution in [0.4, 0.5) is 5.69 Å². The molecule has 0 fully saturated rings. The highest BCUT2D eigenvalue weighted by Gasteiger charge is 2.21. The maximum atomic E-state index is 12.9. The van der Waals surface area contributed by atoms with E-state index in [0.717, 1.165) is 11.1 Å². The molecule has 0 aliphatic heterocycles. The van der Waals surface area contributed by atoms with Gasteiger partial charge in [-0.3, -0.25) is 4.79 Å². The van der Waals surface area contributed by atoms with Crippen LogP contribution >= 0.6 is 23.2 Å². The van der Waals surface area contributed by atoms with Gasteiger partial charge in [-0.2, -0.15) is 0 Å². The Balaban J connectivity index is 1.78. The second-order valence-electron chi connectivity index (χ2n) is 7.34. The molecule has 0 spiro atoms. The Morgan fingerprint density at radius 2 is 1.65 bits per heavy atom. The quantitative estimate of drug-likeness (QED) is 0.445. The average molecular weight is 523 g/mol. The van der Waals surface area contributed by atoms with Crippen LogP contribution in [-0.4, -0.2) is 42.1 Å². The number of carbonyl (C=O) groups is 1. The van der Waals surface area contributed by atoms with Crippen LogP contribution in [0, 0.1) is 0 Å². The third-order valence-electron chi connectivity index (χ3n) is 5.19. The number of hydrogen-bond acceptors (Lipinski definition) is 5. The van der Waals surface area contributed by atoms with E-state index in [0.29, 0.717) is 27.9 Å². The monoisotopic (exact) mass is 522 g/mol. The molecule has 180 valence electrons. The highest BCUT2D eigenvalue weighted by Crippen LogP contribution is 2.30. The molecule has 7 nitrogen and oxygen atoms in total. The van der Waals surface area contributed by atoms with Crippen molar-refractivity contribution in [1.82, 2.24) is 4.72 Å². The van der Waals surface area contributed by atoms with E-state index in [4.69, 9.17) is 32.7 Å². The van der Waals surface area contributed by atoms with Gasteiger partial charge in [-0.1, -0.05) is 41.4 Å². The first kappa shape index (κ1) is 25.8. The number of likely N-dealkylation sites (N-methyl/N-ethyl adjacent to an activating group) is 1. The van der Waals surface area contributed by atoms with Gasteiger partial charge in [0.1, 0.15) is 0 Å². The Morgan fingerprint density at radius 1 is 0.941 bits per heavy atom. The summed E-state index contributed by atoms with van der Waals surface area (Å²) in [6, 6.07) is 16.7. The zero-order valence-electron chi connectivity index (χ0n) is 18.8. The molecule has 10 heteroatoms. The SMILES string of the molecule is COc1ccc(S(=O)(=O)NCC(=O)N(C)c2ccc(Cl)cc2Cc2ccccc2Cl)cc1OC. The van der Waals surface area contributed by atoms with Gasteiger partial charge in [0, 0.05) is 35.3 Å². The number of nitrogens with one attached hydrogen (secondary N) is 1. The average Bonchev–Trinajstić information content (AvgIpc) is 2.83. The summed E-state index contributed by atoms with van der Waals surface area (Å²) in [6.45, 7) is -0.443. The first-order valence-electron chi connectivity index (χ1n) is 10.2. The predicted molar refractivity (Wildman–Crippen MR) is 134 cm³/mol. The largest absolute Gasteiger partial charge is 0.493 e. The third-order valence-corrected chi connectivity index (χ3v) is 7.20. The van der Waals surface area contributed by atoms with E-state index in [1.807, 2.05) is 18.2 Å². The summed E-state index contributed by atoms with van der Waals surface area (Å²) >= 11 is 12.5. The number of rotatable bonds is 9. The van der Waals surface area contributed by atoms with Crippen LogP contribution in [-0.2, 0) is 21.2 Å². The van der Waals surface area contributed by atoms with Gasteiger partial charge < -0.3 is 14.4 Å². The third kappa shape index (κ3) is 6.01. The Hall–Kier alpha value is -2.78. The highest BCUT2D eigenvalue weighted by atomic mass is 35.5. The van der Waals surface area contributed by atoms with E-state index in [1.165, 1.54) is 37.3 Å². The van der Waals surface area contributed by atoms with Crippen LogP contribution in [0.5, 0.6) is 11.5 Å². The van der Waals surface area contributed by atoms with Crippen LogP contribution < -0.4 is 19.1 Å². The standard InChI is InChI=1S/C24H24Cl2N2O5S/c1-28(21-10-8-18(25)13-17(21)12-16-6-4-5-7-20(16)26)24(29)15-27-34(30,31)19-9-11-22(32-2)23(14-19)33-3/h4-11,13-14,27H,12,15H2,1-3H3. The van der Waals surface area contributed by atoms with Crippen molar-refractivity contribution in [3.63, 3.8) is 0 Å². The smallest absolute Gasteiger partial charge is 0.241 e. The topological polar surface area (TPSA) is 84.9 Å². The zero-order valence-corrected chi connectivity index (χ0v) is 21.2. The normalized spacial score (nSPS) is 11.2. The van der Waals surface area contributed by atoms with Crippen LogP contribution in [0.25, 0.3) is 0 Å². The highest BCUT2D eigenvalue weighted by molar-refractivity contribution is 7.89. The van der Waals surface area contributed by atoms with Gasteiger partial charge in [0.2, 0.25) is 15.9 Å². The lowest BCUT2D eigenvalue weighted by Gasteiger charge is -2.22. The van der Waals surface area contributed by atoms with Crippen LogP contribution in [0.2, 0.25) is 10.0 Å². The number of anilines is 1. The maximum absolute atomic E-state index is 12.9. The fourth-order valence-electron chi connectivity index (χ4n) is 3.35. The number of benzene rings is 3. The molecule has 0 bridgehead atoms. The molecule has 0 aromatic heterocycles. The summed E-state index contributed by atoms with van der Waals surface area (Å²) in [5.74, 6) is 0.206. The van der Waals surface area contributed by atoms with Crippen molar-refractivity contribution in [2.45, 2.75) is 11.3 Å². The van der Waals surface area contributed by atoms with Crippen LogP contribution in [0.3, 0.4) is 0 Å². The van der Waals surface area contributed by atoms with Crippen LogP contribution in [0.15, 0.2) is 65.6 Å². The minimum Gasteiger partial charge on any atom is -0.493 e. The molecule has 1 N–H and O–H groups in total. The van der Waals surface area contributed by atoms with Gasteiger partial charge in [0.25, 0.3) is 0 Å². The lowest BCUT2D eigenvalue weighted by molar-refractivity contribution is -0.117. The van der Waals surface area contributed by atoms with Crippen molar-refractivity contribution in [2.24, 2.45) is 0 Å². The summed E-state index contributed by atoms with van der Waals surface area (Å²) in [4.78, 5) is 14.2. The van der Waals surface area contributed by atoms with E-state index >= 15 is 0 Å². The molecule has 3 aromatic rings. The molecule has 34 heavy (non-hydrogen) atoms. The van der Waals surface area contributed by atoms with Gasteiger partial charge >= 0.3 is 0 Å². The number of nitrogens with zero attached hydrogens (tertiary/aromatic N) is 1. The van der Waals surface area contributed by atoms with E-state index in [9.17, 15) is 13.2 Å². The number of amides is 1. The summed E-state index contributed by atoms with van der Waals surface area (Å²) < 4.78 is 38.1. The second-order valence-corrected chi connectivity index (χ2v) is 9.95. The van der Waals surface area contributed by atoms with Crippen molar-refractivity contribution in [1.29, 1.82) is 0 Å². The van der Waals surface area contributed by atoms with Crippen LogP contribution in [0.1, 0.15) is 11.1 Å². The number of ether oxygens (including phenoxy) is 2. The molecule has 3 aromatic carbocycles. The molecular formula is C24H24Cl2N2O5S. The Kier molecular flexibility index (Phi) is 8.43. The van der Waals surface area contributed by atoms with Crippen molar-refractivity contribution in [3.8, 4) is 11.5 Å². The molecule has 0 unspecified atom stereocenters. The Morgan fingerprint density at radius 3 is 2.32 bits per heavy atom. The summed E-state index contributed by atoms with van der Waals surface area (Å²) in [5.41, 5.74) is 2.25. The molecule has 0 saturated carbocycles. The number of carbonyl (C=O) groups excluding carboxylic acids is 1. The maximum Gasteiger partial charge on any atom is 0.241 e. The molecule has 0 heterocycles. The Labute approximate surface area is 209 Å². The summed E-state index contributed by atoms with van der Waals surface area (Å²) in [5, 5.41) is 1.12. The van der Waals surface area contributed by atoms with Crippen molar-refractivity contribution < 1.29 is 22.7 Å². The lowest BCUT2D eigenvalue weighted by Crippen LogP contribution is -2.38. The number of methoxy groups -OCH3 is 2. The van der Waals surface area contributed by atoms with Gasteiger partial charge in [-0.25, -0.2) is 13.1 Å². The van der Waals surface area contributed by atoms with Gasteiger partial charge in [0.05, 0.1) is 25.7 Å². The molecule has 0 aliphatic rings. The first-order valence-corrected chi connectivity index (χ1v) is 12.4. The van der Waals surface area contributed by atoms with Gasteiger partial charge in [-0.15, -0.1) is 0 Å². The molecular weight excluding hydrogens is 499 g/mol. The van der Waals surface area contributed by atoms with Crippen molar-refractivity contribution in [3.05, 3.63) is 81.8 Å². The molecule has 1 amide bonds. The first-order chi connectivity index (χ1) is 16.2. The molecule has 3 rings (SSSR count). The number of halogens is 2. The second kappa shape index (κ2) is 11.1. The molecule has 0 radical (unpaired) electrons. The molecule has 0 aliphatic carbocycles. The van der Waals surface area contributed by atoms with Gasteiger partial charge in [0.15, 0.2) is 11.5 Å².